The maximum absolute atomic E-state index is 12.2. The second-order valence-electron chi connectivity index (χ2n) is 3.07. The summed E-state index contributed by atoms with van der Waals surface area (Å²) in [5, 5.41) is 8.75. The Morgan fingerprint density at radius 2 is 1.56 bits per heavy atom. The van der Waals surface area contributed by atoms with Crippen LogP contribution < -0.4 is 0 Å². The minimum Gasteiger partial charge on any atom is -0.379 e. The van der Waals surface area contributed by atoms with E-state index in [1.54, 1.807) is 0 Å². The summed E-state index contributed by atoms with van der Waals surface area (Å²) in [4.78, 5) is 0. The van der Waals surface area contributed by atoms with Crippen molar-refractivity contribution in [2.75, 3.05) is 0 Å². The van der Waals surface area contributed by atoms with Gasteiger partial charge in [0.25, 0.3) is 0 Å². The molecular weight excluding hydrogens is 238 g/mol. The van der Waals surface area contributed by atoms with Crippen molar-refractivity contribution in [1.29, 1.82) is 0 Å². The molecule has 16 heavy (non-hydrogen) atoms. The quantitative estimate of drug-likeness (QED) is 0.751. The molecule has 1 aromatic rings. The van der Waals surface area contributed by atoms with Gasteiger partial charge in [0, 0.05) is 0 Å². The van der Waals surface area contributed by atoms with Crippen LogP contribution in [0.3, 0.4) is 0 Å². The Morgan fingerprint density at radius 3 is 2.00 bits per heavy atom. The van der Waals surface area contributed by atoms with Crippen molar-refractivity contribution < 1.29 is 31.4 Å². The molecule has 1 atom stereocenters. The average Bonchev–Trinajstić information content (AvgIpc) is 2.14. The number of rotatable bonds is 1. The Labute approximate surface area is 86.3 Å². The molecule has 0 saturated carbocycles. The number of alkyl halides is 6. The first-order valence-electron chi connectivity index (χ1n) is 4.04. The molecule has 1 nitrogen and oxygen atoms in total. The van der Waals surface area contributed by atoms with Gasteiger partial charge in [-0.15, -0.1) is 0 Å². The SMILES string of the molecule is O[C@@H](c1cccc(C(F)(F)F)c1)C(F)(F)F. The average molecular weight is 244 g/mol. The van der Waals surface area contributed by atoms with Crippen LogP contribution >= 0.6 is 0 Å². The third-order valence-electron chi connectivity index (χ3n) is 1.84. The van der Waals surface area contributed by atoms with E-state index in [-0.39, 0.29) is 6.07 Å². The number of halogens is 6. The fourth-order valence-electron chi connectivity index (χ4n) is 1.07. The first-order valence-corrected chi connectivity index (χ1v) is 4.04. The van der Waals surface area contributed by atoms with Gasteiger partial charge in [-0.1, -0.05) is 12.1 Å². The highest BCUT2D eigenvalue weighted by molar-refractivity contribution is 5.27. The van der Waals surface area contributed by atoms with Crippen LogP contribution in [0, 0.1) is 0 Å². The molecule has 1 aromatic carbocycles. The lowest BCUT2D eigenvalue weighted by Gasteiger charge is -2.16. The van der Waals surface area contributed by atoms with Gasteiger partial charge in [-0.2, -0.15) is 26.3 Å². The molecule has 1 rings (SSSR count). The van der Waals surface area contributed by atoms with Crippen molar-refractivity contribution in [2.24, 2.45) is 0 Å². The number of aliphatic hydroxyl groups excluding tert-OH is 1. The molecule has 1 N–H and O–H groups in total. The van der Waals surface area contributed by atoms with E-state index in [0.717, 1.165) is 12.1 Å². The molecule has 0 unspecified atom stereocenters. The Bertz CT molecular complexity index is 367. The van der Waals surface area contributed by atoms with Crippen molar-refractivity contribution in [3.63, 3.8) is 0 Å². The number of hydrogen-bond donors (Lipinski definition) is 1. The number of aliphatic hydroxyl groups is 1. The van der Waals surface area contributed by atoms with Crippen LogP contribution in [0.4, 0.5) is 26.3 Å². The van der Waals surface area contributed by atoms with Crippen molar-refractivity contribution in [2.45, 2.75) is 18.5 Å². The first kappa shape index (κ1) is 12.8. The maximum Gasteiger partial charge on any atom is 0.418 e. The van der Waals surface area contributed by atoms with Crippen LogP contribution in [0.5, 0.6) is 0 Å². The summed E-state index contributed by atoms with van der Waals surface area (Å²) in [7, 11) is 0. The van der Waals surface area contributed by atoms with Gasteiger partial charge in [0.2, 0.25) is 0 Å². The highest BCUT2D eigenvalue weighted by atomic mass is 19.4. The minimum absolute atomic E-state index is 0.276. The Balaban J connectivity index is 3.09. The number of benzene rings is 1. The monoisotopic (exact) mass is 244 g/mol. The summed E-state index contributed by atoms with van der Waals surface area (Å²) in [6.07, 6.45) is -12.6. The van der Waals surface area contributed by atoms with Gasteiger partial charge >= 0.3 is 12.4 Å². The normalized spacial score (nSPS) is 14.9. The van der Waals surface area contributed by atoms with Crippen LogP contribution in [-0.2, 0) is 6.18 Å². The van der Waals surface area contributed by atoms with E-state index in [1.165, 1.54) is 0 Å². The summed E-state index contributed by atoms with van der Waals surface area (Å²) in [5.74, 6) is 0. The molecule has 0 heterocycles. The third-order valence-corrected chi connectivity index (χ3v) is 1.84. The molecule has 0 bridgehead atoms. The van der Waals surface area contributed by atoms with Crippen molar-refractivity contribution >= 4 is 0 Å². The van der Waals surface area contributed by atoms with Crippen molar-refractivity contribution in [1.82, 2.24) is 0 Å². The molecular formula is C9H6F6O. The summed E-state index contributed by atoms with van der Waals surface area (Å²) >= 11 is 0. The topological polar surface area (TPSA) is 20.2 Å². The van der Waals surface area contributed by atoms with Gasteiger partial charge in [-0.05, 0) is 17.7 Å². The van der Waals surface area contributed by atoms with Crippen LogP contribution in [0.25, 0.3) is 0 Å². The Morgan fingerprint density at radius 1 is 1.00 bits per heavy atom. The van der Waals surface area contributed by atoms with Gasteiger partial charge < -0.3 is 5.11 Å². The lowest BCUT2D eigenvalue weighted by atomic mass is 10.1. The molecule has 0 aliphatic rings. The van der Waals surface area contributed by atoms with Gasteiger partial charge in [-0.25, -0.2) is 0 Å². The Hall–Kier alpha value is -1.24. The molecule has 0 aliphatic heterocycles. The molecule has 0 radical (unpaired) electrons. The highest BCUT2D eigenvalue weighted by Crippen LogP contribution is 2.35. The predicted octanol–water partition coefficient (Wildman–Crippen LogP) is 3.30. The lowest BCUT2D eigenvalue weighted by Crippen LogP contribution is -2.20. The highest BCUT2D eigenvalue weighted by Gasteiger charge is 2.40. The van der Waals surface area contributed by atoms with Gasteiger partial charge in [0.05, 0.1) is 5.56 Å². The van der Waals surface area contributed by atoms with Gasteiger partial charge in [0.15, 0.2) is 6.10 Å². The van der Waals surface area contributed by atoms with Crippen LogP contribution in [0.1, 0.15) is 17.2 Å². The zero-order chi connectivity index (χ0) is 12.6. The third kappa shape index (κ3) is 2.88. The van der Waals surface area contributed by atoms with E-state index in [9.17, 15) is 26.3 Å². The van der Waals surface area contributed by atoms with E-state index < -0.39 is 29.6 Å². The molecule has 0 fully saturated rings. The summed E-state index contributed by atoms with van der Waals surface area (Å²) in [6, 6.07) is 2.51. The molecule has 0 saturated heterocycles. The fourth-order valence-corrected chi connectivity index (χ4v) is 1.07. The summed E-state index contributed by atoms with van der Waals surface area (Å²) in [6.45, 7) is 0. The molecule has 90 valence electrons. The first-order chi connectivity index (χ1) is 7.12. The summed E-state index contributed by atoms with van der Waals surface area (Å²) in [5.41, 5.74) is -2.06. The Kier molecular flexibility index (Phi) is 3.18. The molecule has 0 spiro atoms. The lowest BCUT2D eigenvalue weighted by molar-refractivity contribution is -0.207. The van der Waals surface area contributed by atoms with Gasteiger partial charge in [0.1, 0.15) is 0 Å². The van der Waals surface area contributed by atoms with E-state index in [0.29, 0.717) is 6.07 Å². The molecule has 7 heteroatoms. The van der Waals surface area contributed by atoms with Crippen LogP contribution in [0.2, 0.25) is 0 Å². The standard InChI is InChI=1S/C9H6F6O/c10-8(11,12)6-3-1-2-5(4-6)7(16)9(13,14)15/h1-4,7,16H/t7-/m0/s1. The zero-order valence-corrected chi connectivity index (χ0v) is 7.60. The van der Waals surface area contributed by atoms with E-state index in [1.807, 2.05) is 0 Å². The number of hydrogen-bond acceptors (Lipinski definition) is 1. The maximum atomic E-state index is 12.2. The molecule has 0 aliphatic carbocycles. The smallest absolute Gasteiger partial charge is 0.379 e. The fraction of sp³-hybridized carbons (Fsp3) is 0.333. The predicted molar refractivity (Wildman–Crippen MR) is 42.5 cm³/mol. The minimum atomic E-state index is -4.98. The second kappa shape index (κ2) is 3.97. The van der Waals surface area contributed by atoms with Crippen LogP contribution in [0.15, 0.2) is 24.3 Å². The van der Waals surface area contributed by atoms with E-state index in [2.05, 4.69) is 0 Å². The van der Waals surface area contributed by atoms with Crippen molar-refractivity contribution in [3.05, 3.63) is 35.4 Å². The zero-order valence-electron chi connectivity index (χ0n) is 7.60. The van der Waals surface area contributed by atoms with Gasteiger partial charge in [-0.3, -0.25) is 0 Å². The van der Waals surface area contributed by atoms with Crippen LogP contribution in [-0.4, -0.2) is 11.3 Å². The summed E-state index contributed by atoms with van der Waals surface area (Å²) < 4.78 is 72.6. The second-order valence-corrected chi connectivity index (χ2v) is 3.07. The molecule has 0 aromatic heterocycles. The van der Waals surface area contributed by atoms with E-state index >= 15 is 0 Å². The molecule has 0 amide bonds. The largest absolute Gasteiger partial charge is 0.418 e. The van der Waals surface area contributed by atoms with E-state index in [4.69, 9.17) is 5.11 Å². The van der Waals surface area contributed by atoms with Crippen molar-refractivity contribution in [3.8, 4) is 0 Å².